The van der Waals surface area contributed by atoms with E-state index in [4.69, 9.17) is 9.47 Å². The van der Waals surface area contributed by atoms with Gasteiger partial charge < -0.3 is 14.8 Å². The fraction of sp³-hybridized carbons (Fsp3) is 0.350. The number of nitrogens with zero attached hydrogens (tertiary/aromatic N) is 2. The van der Waals surface area contributed by atoms with Crippen LogP contribution >= 0.6 is 0 Å². The number of nitrogens with one attached hydrogen (secondary N) is 1. The SMILES string of the molecule is CO[C@@H](C)[C@@H](/C=C/S(C)(=O)=O)NC(=O)c1cnc(C(C)(F)F)nc1Oc1ccccc1. The van der Waals surface area contributed by atoms with Gasteiger partial charge in [0.25, 0.3) is 5.91 Å². The van der Waals surface area contributed by atoms with Gasteiger partial charge in [0, 0.05) is 31.9 Å². The van der Waals surface area contributed by atoms with Gasteiger partial charge >= 0.3 is 5.92 Å². The summed E-state index contributed by atoms with van der Waals surface area (Å²) in [6.45, 7) is 2.25. The molecule has 2 rings (SSSR count). The van der Waals surface area contributed by atoms with Gasteiger partial charge in [0.15, 0.2) is 9.84 Å². The maximum absolute atomic E-state index is 13.7. The maximum Gasteiger partial charge on any atom is 0.303 e. The molecule has 0 aliphatic rings. The van der Waals surface area contributed by atoms with Crippen molar-refractivity contribution in [3.63, 3.8) is 0 Å². The molecule has 8 nitrogen and oxygen atoms in total. The number of benzene rings is 1. The Labute approximate surface area is 179 Å². The smallest absolute Gasteiger partial charge is 0.303 e. The average Bonchev–Trinajstić information content (AvgIpc) is 2.69. The van der Waals surface area contributed by atoms with E-state index in [1.165, 1.54) is 13.2 Å². The normalized spacial score (nSPS) is 14.3. The lowest BCUT2D eigenvalue weighted by Gasteiger charge is -2.21. The van der Waals surface area contributed by atoms with Crippen LogP contribution in [0.3, 0.4) is 0 Å². The topological polar surface area (TPSA) is 107 Å². The van der Waals surface area contributed by atoms with Crippen molar-refractivity contribution < 1.29 is 31.5 Å². The third kappa shape index (κ3) is 7.37. The summed E-state index contributed by atoms with van der Waals surface area (Å²) in [6, 6.07) is 7.35. The standard InChI is InChI=1S/C20H23F2N3O5S/c1-13(29-3)16(10-11-31(4,27)28)24-17(26)15-12-23-19(20(2,21)22)25-18(15)30-14-8-6-5-7-9-14/h5-13,16H,1-4H3,(H,24,26)/b11-10+/t13-,16+/m0/s1. The van der Waals surface area contributed by atoms with Crippen molar-refractivity contribution in [2.75, 3.05) is 13.4 Å². The second-order valence-electron chi connectivity index (χ2n) is 6.81. The molecule has 0 aliphatic carbocycles. The average molecular weight is 455 g/mol. The van der Waals surface area contributed by atoms with Gasteiger partial charge in [-0.25, -0.2) is 13.4 Å². The summed E-state index contributed by atoms with van der Waals surface area (Å²) in [6.07, 6.45) is 2.60. The van der Waals surface area contributed by atoms with E-state index in [0.29, 0.717) is 6.92 Å². The van der Waals surface area contributed by atoms with Gasteiger partial charge in [-0.1, -0.05) is 18.2 Å². The van der Waals surface area contributed by atoms with Crippen molar-refractivity contribution in [1.29, 1.82) is 0 Å². The molecule has 0 saturated carbocycles. The maximum atomic E-state index is 13.7. The van der Waals surface area contributed by atoms with Crippen LogP contribution < -0.4 is 10.1 Å². The Hall–Kier alpha value is -2.92. The zero-order valence-electron chi connectivity index (χ0n) is 17.4. The van der Waals surface area contributed by atoms with Crippen LogP contribution in [0.15, 0.2) is 48.0 Å². The molecule has 11 heteroatoms. The van der Waals surface area contributed by atoms with E-state index in [-0.39, 0.29) is 17.2 Å². The highest BCUT2D eigenvalue weighted by atomic mass is 32.2. The fourth-order valence-corrected chi connectivity index (χ4v) is 2.79. The zero-order chi connectivity index (χ0) is 23.2. The third-order valence-electron chi connectivity index (χ3n) is 4.06. The van der Waals surface area contributed by atoms with Gasteiger partial charge in [-0.15, -0.1) is 0 Å². The summed E-state index contributed by atoms with van der Waals surface area (Å²) in [7, 11) is -2.06. The number of aromatic nitrogens is 2. The number of hydrogen-bond donors (Lipinski definition) is 1. The minimum Gasteiger partial charge on any atom is -0.438 e. The quantitative estimate of drug-likeness (QED) is 0.619. The molecule has 1 N–H and O–H groups in total. The Kier molecular flexibility index (Phi) is 7.80. The second kappa shape index (κ2) is 9.92. The number of methoxy groups -OCH3 is 1. The van der Waals surface area contributed by atoms with E-state index in [9.17, 15) is 22.0 Å². The summed E-state index contributed by atoms with van der Waals surface area (Å²) < 4.78 is 61.1. The van der Waals surface area contributed by atoms with E-state index < -0.39 is 39.6 Å². The highest BCUT2D eigenvalue weighted by molar-refractivity contribution is 7.93. The molecule has 31 heavy (non-hydrogen) atoms. The van der Waals surface area contributed by atoms with Crippen molar-refractivity contribution in [2.45, 2.75) is 31.9 Å². The van der Waals surface area contributed by atoms with Gasteiger partial charge in [0.2, 0.25) is 11.7 Å². The van der Waals surface area contributed by atoms with Crippen LogP contribution in [0.5, 0.6) is 11.6 Å². The number of carbonyl (C=O) groups is 1. The summed E-state index contributed by atoms with van der Waals surface area (Å²) >= 11 is 0. The van der Waals surface area contributed by atoms with E-state index in [1.54, 1.807) is 37.3 Å². The Bertz CT molecular complexity index is 1040. The first-order chi connectivity index (χ1) is 14.4. The largest absolute Gasteiger partial charge is 0.438 e. The summed E-state index contributed by atoms with van der Waals surface area (Å²) in [5.74, 6) is -5.02. The highest BCUT2D eigenvalue weighted by Crippen LogP contribution is 2.29. The fourth-order valence-electron chi connectivity index (χ4n) is 2.34. The molecule has 0 saturated heterocycles. The third-order valence-corrected chi connectivity index (χ3v) is 4.71. The summed E-state index contributed by atoms with van der Waals surface area (Å²) in [5, 5.41) is 3.51. The Morgan fingerprint density at radius 2 is 1.90 bits per heavy atom. The Morgan fingerprint density at radius 3 is 2.45 bits per heavy atom. The van der Waals surface area contributed by atoms with Crippen LogP contribution in [0.2, 0.25) is 0 Å². The molecule has 2 aromatic rings. The van der Waals surface area contributed by atoms with Crippen LogP contribution in [-0.2, 0) is 20.5 Å². The second-order valence-corrected chi connectivity index (χ2v) is 8.75. The van der Waals surface area contributed by atoms with E-state index in [2.05, 4.69) is 15.3 Å². The predicted molar refractivity (Wildman–Crippen MR) is 110 cm³/mol. The number of halogens is 2. The number of rotatable bonds is 9. The van der Waals surface area contributed by atoms with Crippen molar-refractivity contribution in [3.05, 3.63) is 59.4 Å². The molecule has 1 heterocycles. The number of ether oxygens (including phenoxy) is 2. The molecule has 0 unspecified atom stereocenters. The van der Waals surface area contributed by atoms with Gasteiger partial charge in [0.1, 0.15) is 11.3 Å². The molecule has 0 radical (unpaired) electrons. The molecule has 0 aliphatic heterocycles. The molecule has 1 aromatic carbocycles. The molecule has 168 valence electrons. The van der Waals surface area contributed by atoms with E-state index in [1.807, 2.05) is 0 Å². The van der Waals surface area contributed by atoms with Crippen LogP contribution in [0.1, 0.15) is 30.0 Å². The summed E-state index contributed by atoms with van der Waals surface area (Å²) in [5.41, 5.74) is -0.210. The summed E-state index contributed by atoms with van der Waals surface area (Å²) in [4.78, 5) is 20.2. The zero-order valence-corrected chi connectivity index (χ0v) is 18.2. The number of hydrogen-bond acceptors (Lipinski definition) is 7. The Balaban J connectivity index is 2.41. The van der Waals surface area contributed by atoms with Gasteiger partial charge in [0.05, 0.1) is 12.1 Å². The first-order valence-electron chi connectivity index (χ1n) is 9.11. The molecule has 2 atom stereocenters. The van der Waals surface area contributed by atoms with Crippen LogP contribution in [0.25, 0.3) is 0 Å². The lowest BCUT2D eigenvalue weighted by molar-refractivity contribution is 0.00707. The minimum atomic E-state index is -3.45. The molecular formula is C20H23F2N3O5S. The van der Waals surface area contributed by atoms with Gasteiger partial charge in [-0.2, -0.15) is 13.8 Å². The molecule has 0 spiro atoms. The Morgan fingerprint density at radius 1 is 1.26 bits per heavy atom. The number of alkyl halides is 2. The van der Waals surface area contributed by atoms with Crippen LogP contribution in [0.4, 0.5) is 8.78 Å². The van der Waals surface area contributed by atoms with Crippen LogP contribution in [-0.4, -0.2) is 49.8 Å². The number of amides is 1. The molecule has 1 aromatic heterocycles. The van der Waals surface area contributed by atoms with Gasteiger partial charge in [-0.3, -0.25) is 4.79 Å². The highest BCUT2D eigenvalue weighted by Gasteiger charge is 2.31. The van der Waals surface area contributed by atoms with E-state index >= 15 is 0 Å². The van der Waals surface area contributed by atoms with Crippen molar-refractivity contribution in [1.82, 2.24) is 15.3 Å². The number of sulfone groups is 1. The van der Waals surface area contributed by atoms with E-state index in [0.717, 1.165) is 17.9 Å². The monoisotopic (exact) mass is 455 g/mol. The lowest BCUT2D eigenvalue weighted by atomic mass is 10.1. The number of para-hydroxylation sites is 1. The molecule has 0 bridgehead atoms. The lowest BCUT2D eigenvalue weighted by Crippen LogP contribution is -2.42. The predicted octanol–water partition coefficient (Wildman–Crippen LogP) is 3.07. The first kappa shape index (κ1) is 24.4. The molecule has 1 amide bonds. The van der Waals surface area contributed by atoms with Gasteiger partial charge in [-0.05, 0) is 25.1 Å². The van der Waals surface area contributed by atoms with Crippen molar-refractivity contribution in [2.24, 2.45) is 0 Å². The molecule has 0 fully saturated rings. The number of carbonyl (C=O) groups excluding carboxylic acids is 1. The molecular weight excluding hydrogens is 432 g/mol. The first-order valence-corrected chi connectivity index (χ1v) is 11.1. The van der Waals surface area contributed by atoms with Crippen molar-refractivity contribution in [3.8, 4) is 11.6 Å². The van der Waals surface area contributed by atoms with Crippen molar-refractivity contribution >= 4 is 15.7 Å². The van der Waals surface area contributed by atoms with Crippen LogP contribution in [0, 0.1) is 0 Å². The minimum absolute atomic E-state index is 0.210.